The van der Waals surface area contributed by atoms with Crippen molar-refractivity contribution >= 4 is 5.91 Å². The van der Waals surface area contributed by atoms with Crippen LogP contribution in [-0.4, -0.2) is 28.4 Å². The summed E-state index contributed by atoms with van der Waals surface area (Å²) in [5.41, 5.74) is 0.410. The van der Waals surface area contributed by atoms with Gasteiger partial charge in [-0.25, -0.2) is 4.98 Å². The Morgan fingerprint density at radius 3 is 2.75 bits per heavy atom. The molecule has 0 aromatic carbocycles. The third-order valence-corrected chi connectivity index (χ3v) is 3.95. The first kappa shape index (κ1) is 14.9. The quantitative estimate of drug-likeness (QED) is 0.770. The summed E-state index contributed by atoms with van der Waals surface area (Å²) < 4.78 is 13.2. The maximum atomic E-state index is 13.2. The number of hydrogen-bond donors (Lipinski definition) is 0. The van der Waals surface area contributed by atoms with E-state index in [1.165, 1.54) is 25.1 Å². The Morgan fingerprint density at radius 2 is 2.15 bits per heavy atom. The second kappa shape index (κ2) is 6.82. The molecule has 1 aromatic rings. The lowest BCUT2D eigenvalue weighted by atomic mass is 10.1. The molecule has 110 valence electrons. The van der Waals surface area contributed by atoms with Crippen molar-refractivity contribution in [3.05, 3.63) is 29.8 Å². The van der Waals surface area contributed by atoms with Crippen LogP contribution in [0.5, 0.6) is 0 Å². The van der Waals surface area contributed by atoms with Crippen LogP contribution >= 0.6 is 0 Å². The molecule has 0 aliphatic heterocycles. The van der Waals surface area contributed by atoms with Gasteiger partial charge in [0.2, 0.25) is 5.95 Å². The van der Waals surface area contributed by atoms with E-state index >= 15 is 0 Å². The minimum Gasteiger partial charge on any atom is -0.336 e. The highest BCUT2D eigenvalue weighted by Crippen LogP contribution is 2.25. The summed E-state index contributed by atoms with van der Waals surface area (Å²) >= 11 is 0. The molecule has 1 aliphatic rings. The first-order valence-corrected chi connectivity index (χ1v) is 7.50. The Labute approximate surface area is 120 Å². The van der Waals surface area contributed by atoms with Gasteiger partial charge in [0, 0.05) is 30.4 Å². The van der Waals surface area contributed by atoms with Crippen molar-refractivity contribution in [2.75, 3.05) is 6.54 Å². The third kappa shape index (κ3) is 3.78. The number of nitrogens with zero attached hydrogens (tertiary/aromatic N) is 2. The lowest BCUT2D eigenvalue weighted by molar-refractivity contribution is 0.0671. The number of pyridine rings is 1. The Bertz CT molecular complexity index is 456. The zero-order valence-electron chi connectivity index (χ0n) is 12.3. The van der Waals surface area contributed by atoms with Crippen LogP contribution < -0.4 is 0 Å². The van der Waals surface area contributed by atoms with E-state index in [0.717, 1.165) is 25.8 Å². The summed E-state index contributed by atoms with van der Waals surface area (Å²) in [6, 6.07) is 3.15. The number of halogens is 1. The summed E-state index contributed by atoms with van der Waals surface area (Å²) in [7, 11) is 0. The Kier molecular flexibility index (Phi) is 5.10. The molecule has 1 saturated carbocycles. The molecule has 2 rings (SSSR count). The average Bonchev–Trinajstić information content (AvgIpc) is 2.92. The van der Waals surface area contributed by atoms with E-state index in [0.29, 0.717) is 17.5 Å². The topological polar surface area (TPSA) is 33.2 Å². The number of carbonyl (C=O) groups is 1. The van der Waals surface area contributed by atoms with Crippen LogP contribution in [0, 0.1) is 11.9 Å². The summed E-state index contributed by atoms with van der Waals surface area (Å²) in [5.74, 6) is -0.0918. The van der Waals surface area contributed by atoms with Crippen molar-refractivity contribution in [3.63, 3.8) is 0 Å². The Balaban J connectivity index is 2.14. The van der Waals surface area contributed by atoms with Gasteiger partial charge in [0.15, 0.2) is 0 Å². The molecule has 0 atom stereocenters. The first-order valence-electron chi connectivity index (χ1n) is 7.50. The molecule has 4 heteroatoms. The molecule has 1 amide bonds. The van der Waals surface area contributed by atoms with E-state index < -0.39 is 5.95 Å². The molecule has 0 spiro atoms. The van der Waals surface area contributed by atoms with E-state index in [4.69, 9.17) is 0 Å². The van der Waals surface area contributed by atoms with Crippen LogP contribution in [0.3, 0.4) is 0 Å². The number of amides is 1. The summed E-state index contributed by atoms with van der Waals surface area (Å²) in [6.45, 7) is 5.07. The smallest absolute Gasteiger partial charge is 0.254 e. The molecule has 0 unspecified atom stereocenters. The molecule has 1 aromatic heterocycles. The minimum absolute atomic E-state index is 0.0566. The molecule has 1 fully saturated rings. The first-order chi connectivity index (χ1) is 9.58. The van der Waals surface area contributed by atoms with E-state index in [2.05, 4.69) is 18.8 Å². The van der Waals surface area contributed by atoms with Gasteiger partial charge in [0.25, 0.3) is 5.91 Å². The van der Waals surface area contributed by atoms with Gasteiger partial charge in [-0.2, -0.15) is 4.39 Å². The Hall–Kier alpha value is -1.45. The molecular weight excluding hydrogens is 255 g/mol. The second-order valence-corrected chi connectivity index (χ2v) is 5.99. The molecule has 1 aliphatic carbocycles. The van der Waals surface area contributed by atoms with Crippen LogP contribution in [0.1, 0.15) is 56.3 Å². The van der Waals surface area contributed by atoms with E-state index in [1.807, 2.05) is 4.90 Å². The number of rotatable bonds is 5. The zero-order valence-corrected chi connectivity index (χ0v) is 12.3. The fourth-order valence-electron chi connectivity index (χ4n) is 2.76. The van der Waals surface area contributed by atoms with Crippen LogP contribution in [0.4, 0.5) is 4.39 Å². The van der Waals surface area contributed by atoms with E-state index in [-0.39, 0.29) is 5.91 Å². The molecule has 0 saturated heterocycles. The zero-order chi connectivity index (χ0) is 14.5. The molecule has 20 heavy (non-hydrogen) atoms. The molecular formula is C16H23FN2O. The SMILES string of the molecule is CC(C)CCN(C(=O)c1ccnc(F)c1)C1CCCC1. The lowest BCUT2D eigenvalue weighted by Crippen LogP contribution is -2.40. The van der Waals surface area contributed by atoms with Gasteiger partial charge in [-0.3, -0.25) is 4.79 Å². The second-order valence-electron chi connectivity index (χ2n) is 5.99. The van der Waals surface area contributed by atoms with Crippen molar-refractivity contribution in [1.82, 2.24) is 9.88 Å². The fraction of sp³-hybridized carbons (Fsp3) is 0.625. The normalized spacial score (nSPS) is 15.8. The predicted molar refractivity (Wildman–Crippen MR) is 76.9 cm³/mol. The average molecular weight is 278 g/mol. The van der Waals surface area contributed by atoms with Gasteiger partial charge < -0.3 is 4.90 Å². The summed E-state index contributed by atoms with van der Waals surface area (Å²) in [4.78, 5) is 18.1. The fourth-order valence-corrected chi connectivity index (χ4v) is 2.76. The highest BCUT2D eigenvalue weighted by atomic mass is 19.1. The standard InChI is InChI=1S/C16H23FN2O/c1-12(2)8-10-19(14-5-3-4-6-14)16(20)13-7-9-18-15(17)11-13/h7,9,11-12,14H,3-6,8,10H2,1-2H3. The number of hydrogen-bond acceptors (Lipinski definition) is 2. The third-order valence-electron chi connectivity index (χ3n) is 3.95. The van der Waals surface area contributed by atoms with Crippen LogP contribution in [0.25, 0.3) is 0 Å². The number of carbonyl (C=O) groups excluding carboxylic acids is 1. The molecule has 3 nitrogen and oxygen atoms in total. The van der Waals surface area contributed by atoms with Crippen LogP contribution in [0.15, 0.2) is 18.3 Å². The van der Waals surface area contributed by atoms with Crippen LogP contribution in [-0.2, 0) is 0 Å². The van der Waals surface area contributed by atoms with Crippen molar-refractivity contribution in [2.24, 2.45) is 5.92 Å². The lowest BCUT2D eigenvalue weighted by Gasteiger charge is -2.30. The monoisotopic (exact) mass is 278 g/mol. The minimum atomic E-state index is -0.592. The van der Waals surface area contributed by atoms with Crippen LogP contribution in [0.2, 0.25) is 0 Å². The molecule has 0 bridgehead atoms. The van der Waals surface area contributed by atoms with Gasteiger partial charge in [-0.05, 0) is 31.2 Å². The van der Waals surface area contributed by atoms with Crippen molar-refractivity contribution in [2.45, 2.75) is 52.0 Å². The predicted octanol–water partition coefficient (Wildman–Crippen LogP) is 3.65. The molecule has 0 radical (unpaired) electrons. The van der Waals surface area contributed by atoms with Crippen molar-refractivity contribution in [3.8, 4) is 0 Å². The number of aromatic nitrogens is 1. The van der Waals surface area contributed by atoms with Gasteiger partial charge in [0.05, 0.1) is 0 Å². The van der Waals surface area contributed by atoms with Gasteiger partial charge >= 0.3 is 0 Å². The summed E-state index contributed by atoms with van der Waals surface area (Å²) in [6.07, 6.45) is 6.84. The van der Waals surface area contributed by atoms with Gasteiger partial charge in [0.1, 0.15) is 0 Å². The highest BCUT2D eigenvalue weighted by molar-refractivity contribution is 5.94. The van der Waals surface area contributed by atoms with Gasteiger partial charge in [-0.15, -0.1) is 0 Å². The van der Waals surface area contributed by atoms with Gasteiger partial charge in [-0.1, -0.05) is 26.7 Å². The van der Waals surface area contributed by atoms with Crippen molar-refractivity contribution in [1.29, 1.82) is 0 Å². The maximum Gasteiger partial charge on any atom is 0.254 e. The largest absolute Gasteiger partial charge is 0.336 e. The molecule has 0 N–H and O–H groups in total. The van der Waals surface area contributed by atoms with Crippen molar-refractivity contribution < 1.29 is 9.18 Å². The Morgan fingerprint density at radius 1 is 1.45 bits per heavy atom. The van der Waals surface area contributed by atoms with E-state index in [1.54, 1.807) is 6.07 Å². The molecule has 1 heterocycles. The maximum absolute atomic E-state index is 13.2. The van der Waals surface area contributed by atoms with E-state index in [9.17, 15) is 9.18 Å². The summed E-state index contributed by atoms with van der Waals surface area (Å²) in [5, 5.41) is 0. The highest BCUT2D eigenvalue weighted by Gasteiger charge is 2.27.